The molecular formula is C10H14BrN3. The molecule has 1 aliphatic heterocycles. The van der Waals surface area contributed by atoms with Gasteiger partial charge in [-0.05, 0) is 42.6 Å². The first-order valence-electron chi connectivity index (χ1n) is 4.85. The van der Waals surface area contributed by atoms with Crippen LogP contribution in [0.15, 0.2) is 17.0 Å². The summed E-state index contributed by atoms with van der Waals surface area (Å²) in [5.74, 6) is 1.02. The number of hydrogen-bond acceptors (Lipinski definition) is 3. The summed E-state index contributed by atoms with van der Waals surface area (Å²) in [7, 11) is 0. The monoisotopic (exact) mass is 255 g/mol. The van der Waals surface area contributed by atoms with E-state index in [1.807, 2.05) is 6.07 Å². The van der Waals surface area contributed by atoms with E-state index in [1.165, 1.54) is 12.8 Å². The van der Waals surface area contributed by atoms with Crippen molar-refractivity contribution in [1.82, 2.24) is 9.97 Å². The molecule has 14 heavy (non-hydrogen) atoms. The van der Waals surface area contributed by atoms with Crippen molar-refractivity contribution >= 4 is 21.7 Å². The minimum atomic E-state index is 0.230. The molecule has 0 aliphatic carbocycles. The molecule has 0 amide bonds. The summed E-state index contributed by atoms with van der Waals surface area (Å²) in [4.78, 5) is 10.7. The Balaban J connectivity index is 2.31. The molecule has 1 saturated heterocycles. The molecular weight excluding hydrogens is 242 g/mol. The summed E-state index contributed by atoms with van der Waals surface area (Å²) in [6.07, 6.45) is 4.08. The molecule has 0 spiro atoms. The van der Waals surface area contributed by atoms with E-state index >= 15 is 0 Å². The third kappa shape index (κ3) is 1.75. The first-order valence-corrected chi connectivity index (χ1v) is 5.64. The average Bonchev–Trinajstić information content (AvgIpc) is 2.45. The van der Waals surface area contributed by atoms with Crippen LogP contribution in [0.2, 0.25) is 0 Å². The van der Waals surface area contributed by atoms with Crippen molar-refractivity contribution in [2.75, 3.05) is 11.4 Å². The summed E-state index contributed by atoms with van der Waals surface area (Å²) >= 11 is 3.37. The van der Waals surface area contributed by atoms with Crippen LogP contribution in [0, 0.1) is 0 Å². The fourth-order valence-corrected chi connectivity index (χ4v) is 2.30. The van der Waals surface area contributed by atoms with Gasteiger partial charge in [0.1, 0.15) is 16.7 Å². The van der Waals surface area contributed by atoms with Crippen LogP contribution in [0.1, 0.15) is 26.7 Å². The Bertz CT molecular complexity index is 338. The van der Waals surface area contributed by atoms with Crippen molar-refractivity contribution in [2.24, 2.45) is 0 Å². The van der Waals surface area contributed by atoms with Crippen molar-refractivity contribution in [1.29, 1.82) is 0 Å². The lowest BCUT2D eigenvalue weighted by molar-refractivity contribution is 0.514. The standard InChI is InChI=1S/C10H14BrN3/c1-10(2)4-3-5-14(10)9-6-8(11)12-7-13-9/h6-7H,3-5H2,1-2H3. The minimum Gasteiger partial charge on any atom is -0.351 e. The molecule has 1 fully saturated rings. The van der Waals surface area contributed by atoms with Crippen LogP contribution >= 0.6 is 15.9 Å². The number of nitrogens with zero attached hydrogens (tertiary/aromatic N) is 3. The van der Waals surface area contributed by atoms with E-state index < -0.39 is 0 Å². The number of aromatic nitrogens is 2. The molecule has 0 N–H and O–H groups in total. The van der Waals surface area contributed by atoms with Crippen LogP contribution in [0.5, 0.6) is 0 Å². The topological polar surface area (TPSA) is 29.0 Å². The molecule has 0 aromatic carbocycles. The van der Waals surface area contributed by atoms with E-state index in [2.05, 4.69) is 44.6 Å². The molecule has 76 valence electrons. The Morgan fingerprint density at radius 2 is 2.21 bits per heavy atom. The zero-order valence-electron chi connectivity index (χ0n) is 8.50. The van der Waals surface area contributed by atoms with E-state index in [4.69, 9.17) is 0 Å². The third-order valence-corrected chi connectivity index (χ3v) is 3.23. The highest BCUT2D eigenvalue weighted by Crippen LogP contribution is 2.32. The van der Waals surface area contributed by atoms with Crippen molar-refractivity contribution in [3.8, 4) is 0 Å². The van der Waals surface area contributed by atoms with Gasteiger partial charge in [0.05, 0.1) is 0 Å². The Morgan fingerprint density at radius 3 is 2.79 bits per heavy atom. The molecule has 0 atom stereocenters. The maximum atomic E-state index is 4.30. The lowest BCUT2D eigenvalue weighted by atomic mass is 10.0. The molecule has 3 nitrogen and oxygen atoms in total. The Morgan fingerprint density at radius 1 is 1.43 bits per heavy atom. The Labute approximate surface area is 92.7 Å². The minimum absolute atomic E-state index is 0.230. The molecule has 1 aliphatic rings. The molecule has 1 aromatic rings. The normalized spacial score (nSPS) is 20.1. The molecule has 0 bridgehead atoms. The molecule has 0 saturated carbocycles. The number of halogens is 1. The van der Waals surface area contributed by atoms with Crippen LogP contribution in [0.4, 0.5) is 5.82 Å². The van der Waals surface area contributed by atoms with Crippen LogP contribution in [-0.2, 0) is 0 Å². The van der Waals surface area contributed by atoms with Gasteiger partial charge in [0.15, 0.2) is 0 Å². The number of hydrogen-bond donors (Lipinski definition) is 0. The highest BCUT2D eigenvalue weighted by molar-refractivity contribution is 9.10. The lowest BCUT2D eigenvalue weighted by Gasteiger charge is -2.32. The van der Waals surface area contributed by atoms with Crippen LogP contribution in [0.25, 0.3) is 0 Å². The SMILES string of the molecule is CC1(C)CCCN1c1cc(Br)ncn1. The molecule has 0 radical (unpaired) electrons. The fraction of sp³-hybridized carbons (Fsp3) is 0.600. The van der Waals surface area contributed by atoms with Gasteiger partial charge in [-0.1, -0.05) is 0 Å². The molecule has 0 unspecified atom stereocenters. The summed E-state index contributed by atoms with van der Waals surface area (Å²) in [5, 5.41) is 0. The van der Waals surface area contributed by atoms with Crippen molar-refractivity contribution in [3.63, 3.8) is 0 Å². The maximum Gasteiger partial charge on any atom is 0.133 e. The summed E-state index contributed by atoms with van der Waals surface area (Å²) in [6, 6.07) is 1.98. The fourth-order valence-electron chi connectivity index (χ4n) is 2.00. The smallest absolute Gasteiger partial charge is 0.133 e. The van der Waals surface area contributed by atoms with Gasteiger partial charge in [0.25, 0.3) is 0 Å². The predicted octanol–water partition coefficient (Wildman–Crippen LogP) is 2.62. The van der Waals surface area contributed by atoms with Gasteiger partial charge in [-0.3, -0.25) is 0 Å². The Kier molecular flexibility index (Phi) is 2.47. The number of anilines is 1. The van der Waals surface area contributed by atoms with Crippen molar-refractivity contribution in [3.05, 3.63) is 17.0 Å². The summed E-state index contributed by atoms with van der Waals surface area (Å²) < 4.78 is 0.852. The average molecular weight is 256 g/mol. The van der Waals surface area contributed by atoms with Gasteiger partial charge in [-0.25, -0.2) is 9.97 Å². The van der Waals surface area contributed by atoms with Crippen LogP contribution < -0.4 is 4.90 Å². The zero-order valence-corrected chi connectivity index (χ0v) is 10.1. The Hall–Kier alpha value is -0.640. The second-order valence-corrected chi connectivity index (χ2v) is 5.08. The van der Waals surface area contributed by atoms with Crippen LogP contribution in [-0.4, -0.2) is 22.1 Å². The largest absolute Gasteiger partial charge is 0.351 e. The first-order chi connectivity index (χ1) is 6.59. The highest BCUT2D eigenvalue weighted by atomic mass is 79.9. The van der Waals surface area contributed by atoms with Gasteiger partial charge in [0.2, 0.25) is 0 Å². The van der Waals surface area contributed by atoms with Gasteiger partial charge >= 0.3 is 0 Å². The van der Waals surface area contributed by atoms with E-state index in [0.29, 0.717) is 0 Å². The van der Waals surface area contributed by atoms with E-state index in [-0.39, 0.29) is 5.54 Å². The molecule has 2 rings (SSSR count). The first kappa shape index (κ1) is 9.90. The maximum absolute atomic E-state index is 4.30. The van der Waals surface area contributed by atoms with Gasteiger partial charge in [-0.15, -0.1) is 0 Å². The molecule has 2 heterocycles. The van der Waals surface area contributed by atoms with Gasteiger partial charge in [-0.2, -0.15) is 0 Å². The molecule has 1 aromatic heterocycles. The van der Waals surface area contributed by atoms with Crippen molar-refractivity contribution in [2.45, 2.75) is 32.2 Å². The van der Waals surface area contributed by atoms with E-state index in [9.17, 15) is 0 Å². The number of rotatable bonds is 1. The van der Waals surface area contributed by atoms with Gasteiger partial charge in [0, 0.05) is 18.2 Å². The van der Waals surface area contributed by atoms with E-state index in [0.717, 1.165) is 17.0 Å². The second-order valence-electron chi connectivity index (χ2n) is 4.27. The second kappa shape index (κ2) is 3.50. The summed E-state index contributed by atoms with van der Waals surface area (Å²) in [5.41, 5.74) is 0.230. The van der Waals surface area contributed by atoms with Gasteiger partial charge < -0.3 is 4.90 Å². The zero-order chi connectivity index (χ0) is 10.2. The van der Waals surface area contributed by atoms with Crippen molar-refractivity contribution < 1.29 is 0 Å². The third-order valence-electron chi connectivity index (χ3n) is 2.80. The van der Waals surface area contributed by atoms with E-state index in [1.54, 1.807) is 6.33 Å². The quantitative estimate of drug-likeness (QED) is 0.723. The highest BCUT2D eigenvalue weighted by Gasteiger charge is 2.32. The molecule has 4 heteroatoms. The summed E-state index contributed by atoms with van der Waals surface area (Å²) in [6.45, 7) is 5.61. The van der Waals surface area contributed by atoms with Crippen LogP contribution in [0.3, 0.4) is 0 Å². The lowest BCUT2D eigenvalue weighted by Crippen LogP contribution is -2.38. The predicted molar refractivity (Wildman–Crippen MR) is 60.4 cm³/mol.